The van der Waals surface area contributed by atoms with Crippen molar-refractivity contribution in [1.82, 2.24) is 10.6 Å². The SMILES string of the molecule is CC(C(=O)NCC1=CCNCC1)c1cccc(Cl)c1. The summed E-state index contributed by atoms with van der Waals surface area (Å²) < 4.78 is 0. The number of benzene rings is 1. The fraction of sp³-hybridized carbons (Fsp3) is 0.400. The van der Waals surface area contributed by atoms with Crippen LogP contribution in [0, 0.1) is 0 Å². The maximum Gasteiger partial charge on any atom is 0.227 e. The average molecular weight is 279 g/mol. The molecule has 1 atom stereocenters. The first-order valence-electron chi connectivity index (χ1n) is 6.58. The summed E-state index contributed by atoms with van der Waals surface area (Å²) in [5.41, 5.74) is 2.25. The summed E-state index contributed by atoms with van der Waals surface area (Å²) >= 11 is 5.94. The van der Waals surface area contributed by atoms with Gasteiger partial charge in [0.05, 0.1) is 5.92 Å². The summed E-state index contributed by atoms with van der Waals surface area (Å²) in [7, 11) is 0. The van der Waals surface area contributed by atoms with Crippen molar-refractivity contribution in [3.05, 3.63) is 46.5 Å². The molecule has 0 fully saturated rings. The minimum atomic E-state index is -0.180. The number of hydrogen-bond donors (Lipinski definition) is 2. The number of nitrogens with one attached hydrogen (secondary N) is 2. The van der Waals surface area contributed by atoms with Gasteiger partial charge in [-0.05, 0) is 37.6 Å². The molecule has 1 unspecified atom stereocenters. The lowest BCUT2D eigenvalue weighted by Crippen LogP contribution is -2.32. The molecule has 0 saturated heterocycles. The van der Waals surface area contributed by atoms with Crippen molar-refractivity contribution in [3.63, 3.8) is 0 Å². The number of halogens is 1. The summed E-state index contributed by atoms with van der Waals surface area (Å²) in [6.45, 7) is 4.43. The van der Waals surface area contributed by atoms with E-state index in [1.54, 1.807) is 0 Å². The normalized spacial score (nSPS) is 16.6. The fourth-order valence-electron chi connectivity index (χ4n) is 2.11. The molecule has 0 saturated carbocycles. The summed E-state index contributed by atoms with van der Waals surface area (Å²) in [4.78, 5) is 12.1. The molecule has 0 bridgehead atoms. The summed E-state index contributed by atoms with van der Waals surface area (Å²) in [5, 5.41) is 6.91. The van der Waals surface area contributed by atoms with Gasteiger partial charge in [-0.2, -0.15) is 0 Å². The Kier molecular flexibility index (Phi) is 5.00. The Morgan fingerprint density at radius 3 is 3.05 bits per heavy atom. The Balaban J connectivity index is 1.90. The molecule has 1 aromatic carbocycles. The van der Waals surface area contributed by atoms with Crippen LogP contribution in [-0.2, 0) is 4.79 Å². The molecule has 102 valence electrons. The first-order chi connectivity index (χ1) is 9.16. The van der Waals surface area contributed by atoms with E-state index in [1.807, 2.05) is 31.2 Å². The molecule has 1 aliphatic rings. The molecular formula is C15H19ClN2O. The molecule has 0 spiro atoms. The number of rotatable bonds is 4. The Labute approximate surface area is 119 Å². The van der Waals surface area contributed by atoms with E-state index in [9.17, 15) is 4.79 Å². The highest BCUT2D eigenvalue weighted by molar-refractivity contribution is 6.30. The van der Waals surface area contributed by atoms with Crippen molar-refractivity contribution < 1.29 is 4.79 Å². The molecule has 1 heterocycles. The Bertz CT molecular complexity index is 485. The summed E-state index contributed by atoms with van der Waals surface area (Å²) in [6.07, 6.45) is 3.15. The molecule has 3 nitrogen and oxygen atoms in total. The lowest BCUT2D eigenvalue weighted by Gasteiger charge is -2.17. The maximum atomic E-state index is 12.1. The van der Waals surface area contributed by atoms with E-state index in [0.29, 0.717) is 11.6 Å². The van der Waals surface area contributed by atoms with Crippen LogP contribution in [0.15, 0.2) is 35.9 Å². The Morgan fingerprint density at radius 1 is 1.53 bits per heavy atom. The maximum absolute atomic E-state index is 12.1. The van der Waals surface area contributed by atoms with Crippen LogP contribution >= 0.6 is 11.6 Å². The van der Waals surface area contributed by atoms with Gasteiger partial charge >= 0.3 is 0 Å². The van der Waals surface area contributed by atoms with Gasteiger partial charge in [0.2, 0.25) is 5.91 Å². The molecule has 1 amide bonds. The summed E-state index contributed by atoms with van der Waals surface area (Å²) in [5.74, 6) is -0.136. The van der Waals surface area contributed by atoms with Crippen LogP contribution in [0.25, 0.3) is 0 Å². The van der Waals surface area contributed by atoms with Crippen LogP contribution < -0.4 is 10.6 Å². The molecule has 2 N–H and O–H groups in total. The number of carbonyl (C=O) groups excluding carboxylic acids is 1. The smallest absolute Gasteiger partial charge is 0.227 e. The van der Waals surface area contributed by atoms with Crippen molar-refractivity contribution in [1.29, 1.82) is 0 Å². The molecule has 0 radical (unpaired) electrons. The van der Waals surface area contributed by atoms with Gasteiger partial charge < -0.3 is 10.6 Å². The number of amides is 1. The van der Waals surface area contributed by atoms with Crippen molar-refractivity contribution >= 4 is 17.5 Å². The second-order valence-corrected chi connectivity index (χ2v) is 5.25. The van der Waals surface area contributed by atoms with E-state index in [4.69, 9.17) is 11.6 Å². The second-order valence-electron chi connectivity index (χ2n) is 4.81. The zero-order valence-electron chi connectivity index (χ0n) is 11.1. The van der Waals surface area contributed by atoms with Crippen molar-refractivity contribution in [3.8, 4) is 0 Å². The van der Waals surface area contributed by atoms with Gasteiger partial charge in [0.25, 0.3) is 0 Å². The summed E-state index contributed by atoms with van der Waals surface area (Å²) in [6, 6.07) is 7.46. The van der Waals surface area contributed by atoms with E-state index >= 15 is 0 Å². The van der Waals surface area contributed by atoms with Gasteiger partial charge in [-0.3, -0.25) is 4.79 Å². The minimum absolute atomic E-state index is 0.0432. The quantitative estimate of drug-likeness (QED) is 0.831. The third-order valence-corrected chi connectivity index (χ3v) is 3.62. The average Bonchev–Trinajstić information content (AvgIpc) is 2.45. The first-order valence-corrected chi connectivity index (χ1v) is 6.96. The molecule has 0 aliphatic carbocycles. The topological polar surface area (TPSA) is 41.1 Å². The highest BCUT2D eigenvalue weighted by atomic mass is 35.5. The van der Waals surface area contributed by atoms with Crippen molar-refractivity contribution in [2.75, 3.05) is 19.6 Å². The molecule has 2 rings (SSSR count). The Hall–Kier alpha value is -1.32. The van der Waals surface area contributed by atoms with E-state index in [-0.39, 0.29) is 11.8 Å². The first kappa shape index (κ1) is 14.1. The number of hydrogen-bond acceptors (Lipinski definition) is 2. The largest absolute Gasteiger partial charge is 0.352 e. The second kappa shape index (κ2) is 6.73. The highest BCUT2D eigenvalue weighted by Gasteiger charge is 2.15. The standard InChI is InChI=1S/C15H19ClN2O/c1-11(13-3-2-4-14(16)9-13)15(19)18-10-12-5-7-17-8-6-12/h2-5,9,11,17H,6-8,10H2,1H3,(H,18,19). The monoisotopic (exact) mass is 278 g/mol. The van der Waals surface area contributed by atoms with E-state index in [0.717, 1.165) is 25.1 Å². The number of carbonyl (C=O) groups is 1. The molecule has 0 aromatic heterocycles. The molecule has 1 aromatic rings. The van der Waals surface area contributed by atoms with E-state index < -0.39 is 0 Å². The zero-order chi connectivity index (χ0) is 13.7. The molecular weight excluding hydrogens is 260 g/mol. The molecule has 4 heteroatoms. The van der Waals surface area contributed by atoms with Crippen LogP contribution in [0.2, 0.25) is 5.02 Å². The van der Waals surface area contributed by atoms with Crippen LogP contribution in [0.5, 0.6) is 0 Å². The van der Waals surface area contributed by atoms with Gasteiger partial charge in [0, 0.05) is 18.1 Å². The lowest BCUT2D eigenvalue weighted by atomic mass is 10.00. The van der Waals surface area contributed by atoms with Gasteiger partial charge in [-0.15, -0.1) is 0 Å². The van der Waals surface area contributed by atoms with Gasteiger partial charge in [-0.1, -0.05) is 35.4 Å². The minimum Gasteiger partial charge on any atom is -0.352 e. The van der Waals surface area contributed by atoms with Crippen LogP contribution in [0.4, 0.5) is 0 Å². The predicted molar refractivity (Wildman–Crippen MR) is 78.4 cm³/mol. The third kappa shape index (κ3) is 4.08. The van der Waals surface area contributed by atoms with Crippen molar-refractivity contribution in [2.24, 2.45) is 0 Å². The predicted octanol–water partition coefficient (Wildman–Crippen LogP) is 2.48. The van der Waals surface area contributed by atoms with E-state index in [1.165, 1.54) is 5.57 Å². The van der Waals surface area contributed by atoms with Crippen molar-refractivity contribution in [2.45, 2.75) is 19.3 Å². The van der Waals surface area contributed by atoms with E-state index in [2.05, 4.69) is 16.7 Å². The third-order valence-electron chi connectivity index (χ3n) is 3.39. The van der Waals surface area contributed by atoms with Crippen LogP contribution in [0.1, 0.15) is 24.8 Å². The Morgan fingerprint density at radius 2 is 2.37 bits per heavy atom. The van der Waals surface area contributed by atoms with Crippen LogP contribution in [0.3, 0.4) is 0 Å². The molecule has 19 heavy (non-hydrogen) atoms. The zero-order valence-corrected chi connectivity index (χ0v) is 11.8. The highest BCUT2D eigenvalue weighted by Crippen LogP contribution is 2.19. The fourth-order valence-corrected chi connectivity index (χ4v) is 2.31. The molecule has 1 aliphatic heterocycles. The lowest BCUT2D eigenvalue weighted by molar-refractivity contribution is -0.122. The van der Waals surface area contributed by atoms with Gasteiger partial charge in [0.15, 0.2) is 0 Å². The van der Waals surface area contributed by atoms with Gasteiger partial charge in [0.1, 0.15) is 0 Å². The van der Waals surface area contributed by atoms with Crippen LogP contribution in [-0.4, -0.2) is 25.5 Å². The van der Waals surface area contributed by atoms with Gasteiger partial charge in [-0.25, -0.2) is 0 Å².